The monoisotopic (exact) mass is 299 g/mol. The number of ether oxygens (including phenoxy) is 1. The molecule has 0 bridgehead atoms. The van der Waals surface area contributed by atoms with Gasteiger partial charge in [-0.1, -0.05) is 20.8 Å². The summed E-state index contributed by atoms with van der Waals surface area (Å²) < 4.78 is 5.38. The number of carbonyl (C=O) groups is 2. The van der Waals surface area contributed by atoms with Crippen LogP contribution in [0, 0.1) is 5.41 Å². The Morgan fingerprint density at radius 2 is 1.71 bits per heavy atom. The van der Waals surface area contributed by atoms with E-state index in [1.54, 1.807) is 9.80 Å². The second-order valence-corrected chi connectivity index (χ2v) is 7.56. The highest BCUT2D eigenvalue weighted by molar-refractivity contribution is 5.82. The van der Waals surface area contributed by atoms with Gasteiger partial charge in [-0.05, 0) is 20.8 Å². The first-order valence-electron chi connectivity index (χ1n) is 7.45. The molecule has 21 heavy (non-hydrogen) atoms. The lowest BCUT2D eigenvalue weighted by atomic mass is 9.93. The van der Waals surface area contributed by atoms with Crippen molar-refractivity contribution >= 4 is 12.0 Å². The van der Waals surface area contributed by atoms with Crippen LogP contribution in [0.4, 0.5) is 4.79 Å². The first kappa shape index (κ1) is 17.8. The third-order valence-corrected chi connectivity index (χ3v) is 3.31. The van der Waals surface area contributed by atoms with E-state index in [9.17, 15) is 9.59 Å². The second-order valence-electron chi connectivity index (χ2n) is 7.56. The average molecular weight is 299 g/mol. The lowest BCUT2D eigenvalue weighted by Crippen LogP contribution is -2.61. The van der Waals surface area contributed by atoms with E-state index in [1.165, 1.54) is 0 Å². The molecule has 0 saturated carbocycles. The molecular weight excluding hydrogens is 270 g/mol. The van der Waals surface area contributed by atoms with Gasteiger partial charge in [0, 0.05) is 31.6 Å². The van der Waals surface area contributed by atoms with Crippen molar-refractivity contribution in [1.29, 1.82) is 0 Å². The van der Waals surface area contributed by atoms with E-state index in [2.05, 4.69) is 0 Å². The van der Waals surface area contributed by atoms with Gasteiger partial charge in [-0.3, -0.25) is 4.79 Å². The number of nitrogens with zero attached hydrogens (tertiary/aromatic N) is 2. The van der Waals surface area contributed by atoms with E-state index in [1.807, 2.05) is 41.5 Å². The number of carbonyl (C=O) groups excluding carboxylic acids is 2. The molecule has 0 aromatic carbocycles. The van der Waals surface area contributed by atoms with Crippen molar-refractivity contribution in [2.24, 2.45) is 11.1 Å². The number of hydrogen-bond donors (Lipinski definition) is 1. The molecule has 2 N–H and O–H groups in total. The number of nitrogens with two attached hydrogens (primary N) is 1. The predicted molar refractivity (Wildman–Crippen MR) is 81.8 cm³/mol. The maximum Gasteiger partial charge on any atom is 0.410 e. The van der Waals surface area contributed by atoms with Crippen LogP contribution in [0.25, 0.3) is 0 Å². The molecule has 1 aliphatic heterocycles. The lowest BCUT2D eigenvalue weighted by Gasteiger charge is -2.43. The minimum absolute atomic E-state index is 0.0711. The minimum atomic E-state index is -0.520. The van der Waals surface area contributed by atoms with Crippen LogP contribution in [-0.2, 0) is 9.53 Å². The van der Waals surface area contributed by atoms with Crippen molar-refractivity contribution in [2.45, 2.75) is 53.2 Å². The second kappa shape index (κ2) is 6.22. The SMILES string of the molecule is CC(C)(C)OC(=O)N1CCN(C(=O)C(C)(C)C)C(CN)C1. The van der Waals surface area contributed by atoms with Crippen molar-refractivity contribution in [3.63, 3.8) is 0 Å². The summed E-state index contributed by atoms with van der Waals surface area (Å²) in [7, 11) is 0. The van der Waals surface area contributed by atoms with Crippen molar-refractivity contribution in [3.8, 4) is 0 Å². The zero-order valence-electron chi connectivity index (χ0n) is 14.1. The largest absolute Gasteiger partial charge is 0.444 e. The maximum atomic E-state index is 12.4. The minimum Gasteiger partial charge on any atom is -0.444 e. The molecule has 0 aromatic heterocycles. The normalized spacial score (nSPS) is 20.4. The lowest BCUT2D eigenvalue weighted by molar-refractivity contribution is -0.144. The van der Waals surface area contributed by atoms with Crippen LogP contribution in [0.5, 0.6) is 0 Å². The molecule has 1 fully saturated rings. The maximum absolute atomic E-state index is 12.4. The molecule has 1 unspecified atom stereocenters. The third-order valence-electron chi connectivity index (χ3n) is 3.31. The van der Waals surface area contributed by atoms with Gasteiger partial charge in [-0.2, -0.15) is 0 Å². The highest BCUT2D eigenvalue weighted by Crippen LogP contribution is 2.22. The van der Waals surface area contributed by atoms with Gasteiger partial charge in [0.2, 0.25) is 5.91 Å². The Kier molecular flexibility index (Phi) is 5.25. The van der Waals surface area contributed by atoms with Crippen LogP contribution in [0.3, 0.4) is 0 Å². The van der Waals surface area contributed by atoms with E-state index in [0.717, 1.165) is 0 Å². The number of hydrogen-bond acceptors (Lipinski definition) is 4. The smallest absolute Gasteiger partial charge is 0.410 e. The fourth-order valence-electron chi connectivity index (χ4n) is 2.25. The van der Waals surface area contributed by atoms with E-state index < -0.39 is 11.0 Å². The van der Waals surface area contributed by atoms with Gasteiger partial charge in [0.25, 0.3) is 0 Å². The Morgan fingerprint density at radius 1 is 1.14 bits per heavy atom. The molecule has 6 nitrogen and oxygen atoms in total. The molecule has 1 atom stereocenters. The molecule has 1 aliphatic rings. The Morgan fingerprint density at radius 3 is 2.14 bits per heavy atom. The summed E-state index contributed by atoms with van der Waals surface area (Å²) in [4.78, 5) is 28.0. The van der Waals surface area contributed by atoms with Gasteiger partial charge in [-0.15, -0.1) is 0 Å². The molecule has 6 heteroatoms. The van der Waals surface area contributed by atoms with Crippen LogP contribution in [-0.4, -0.2) is 59.6 Å². The number of rotatable bonds is 1. The van der Waals surface area contributed by atoms with Crippen LogP contribution >= 0.6 is 0 Å². The van der Waals surface area contributed by atoms with Gasteiger partial charge < -0.3 is 20.3 Å². The molecule has 0 aliphatic carbocycles. The molecule has 122 valence electrons. The van der Waals surface area contributed by atoms with E-state index in [0.29, 0.717) is 26.2 Å². The molecule has 2 amide bonds. The van der Waals surface area contributed by atoms with Crippen molar-refractivity contribution in [1.82, 2.24) is 9.80 Å². The van der Waals surface area contributed by atoms with E-state index >= 15 is 0 Å². The Hall–Kier alpha value is -1.30. The summed E-state index contributed by atoms with van der Waals surface area (Å²) in [6, 6.07) is -0.155. The van der Waals surface area contributed by atoms with Crippen LogP contribution in [0.1, 0.15) is 41.5 Å². The first-order chi connectivity index (χ1) is 9.45. The number of amides is 2. The third kappa shape index (κ3) is 4.88. The van der Waals surface area contributed by atoms with Crippen molar-refractivity contribution in [3.05, 3.63) is 0 Å². The summed E-state index contributed by atoms with van der Waals surface area (Å²) in [5.41, 5.74) is 4.83. The van der Waals surface area contributed by atoms with Crippen LogP contribution < -0.4 is 5.73 Å². The fourth-order valence-corrected chi connectivity index (χ4v) is 2.25. The molecular formula is C15H29N3O3. The van der Waals surface area contributed by atoms with Crippen LogP contribution in [0.2, 0.25) is 0 Å². The van der Waals surface area contributed by atoms with E-state index in [4.69, 9.17) is 10.5 Å². The topological polar surface area (TPSA) is 75.9 Å². The summed E-state index contributed by atoms with van der Waals surface area (Å²) in [6.07, 6.45) is -0.344. The number of piperazine rings is 1. The Balaban J connectivity index is 2.74. The quantitative estimate of drug-likeness (QED) is 0.795. The highest BCUT2D eigenvalue weighted by Gasteiger charge is 2.37. The Bertz CT molecular complexity index is 396. The zero-order valence-corrected chi connectivity index (χ0v) is 14.1. The van der Waals surface area contributed by atoms with Gasteiger partial charge in [0.05, 0.1) is 6.04 Å². The molecule has 1 heterocycles. The summed E-state index contributed by atoms with van der Waals surface area (Å²) in [5.74, 6) is 0.0711. The van der Waals surface area contributed by atoms with Gasteiger partial charge >= 0.3 is 6.09 Å². The molecule has 0 spiro atoms. The highest BCUT2D eigenvalue weighted by atomic mass is 16.6. The van der Waals surface area contributed by atoms with Crippen molar-refractivity contribution in [2.75, 3.05) is 26.2 Å². The van der Waals surface area contributed by atoms with E-state index in [-0.39, 0.29) is 18.0 Å². The van der Waals surface area contributed by atoms with Gasteiger partial charge in [0.15, 0.2) is 0 Å². The predicted octanol–water partition coefficient (Wildman–Crippen LogP) is 1.44. The first-order valence-corrected chi connectivity index (χ1v) is 7.45. The summed E-state index contributed by atoms with van der Waals surface area (Å²) in [6.45, 7) is 12.9. The molecule has 0 radical (unpaired) electrons. The molecule has 1 rings (SSSR count). The molecule has 0 aromatic rings. The van der Waals surface area contributed by atoms with Crippen LogP contribution in [0.15, 0.2) is 0 Å². The standard InChI is InChI=1S/C15H29N3O3/c1-14(2,3)12(19)18-8-7-17(10-11(18)9-16)13(20)21-15(4,5)6/h11H,7-10,16H2,1-6H3. The average Bonchev–Trinajstić information content (AvgIpc) is 2.33. The Labute approximate surface area is 127 Å². The summed E-state index contributed by atoms with van der Waals surface area (Å²) >= 11 is 0. The van der Waals surface area contributed by atoms with Gasteiger partial charge in [-0.25, -0.2) is 4.79 Å². The fraction of sp³-hybridized carbons (Fsp3) is 0.867. The zero-order chi connectivity index (χ0) is 16.4. The van der Waals surface area contributed by atoms with Gasteiger partial charge in [0.1, 0.15) is 5.60 Å². The summed E-state index contributed by atoms with van der Waals surface area (Å²) in [5, 5.41) is 0. The molecule has 1 saturated heterocycles. The van der Waals surface area contributed by atoms with Crippen molar-refractivity contribution < 1.29 is 14.3 Å².